The third-order valence-electron chi connectivity index (χ3n) is 4.68. The van der Waals surface area contributed by atoms with Gasteiger partial charge in [0.2, 0.25) is 0 Å². The minimum Gasteiger partial charge on any atom is -0.478 e. The molecule has 0 bridgehead atoms. The van der Waals surface area contributed by atoms with E-state index in [-0.39, 0.29) is 12.5 Å². The van der Waals surface area contributed by atoms with Gasteiger partial charge < -0.3 is 10.1 Å². The lowest BCUT2D eigenvalue weighted by atomic mass is 10.1. The predicted molar refractivity (Wildman–Crippen MR) is 143 cm³/mol. The van der Waals surface area contributed by atoms with Crippen LogP contribution in [0.5, 0.6) is 5.75 Å². The Morgan fingerprint density at radius 3 is 2.69 bits per heavy atom. The van der Waals surface area contributed by atoms with Crippen molar-refractivity contribution in [2.45, 2.75) is 0 Å². The van der Waals surface area contributed by atoms with Crippen molar-refractivity contribution in [2.75, 3.05) is 11.9 Å². The van der Waals surface area contributed by atoms with Crippen LogP contribution in [0.4, 0.5) is 10.8 Å². The summed E-state index contributed by atoms with van der Waals surface area (Å²) >= 11 is 10.8. The molecule has 4 rings (SSSR count). The SMILES string of the molecule is N#CCOc1ccc(Br)cc1/C=N\NC(=O)c1ccc(-c2csc(Nc3ccc(Cl)cc3)n2)cc1. The van der Waals surface area contributed by atoms with Gasteiger partial charge >= 0.3 is 0 Å². The van der Waals surface area contributed by atoms with E-state index in [0.29, 0.717) is 21.9 Å². The Hall–Kier alpha value is -3.71. The number of thiazole rings is 1. The van der Waals surface area contributed by atoms with Crippen LogP contribution in [-0.4, -0.2) is 23.7 Å². The number of hydrogen-bond donors (Lipinski definition) is 2. The largest absolute Gasteiger partial charge is 0.478 e. The molecule has 0 saturated carbocycles. The number of benzene rings is 3. The molecule has 35 heavy (non-hydrogen) atoms. The summed E-state index contributed by atoms with van der Waals surface area (Å²) in [6.07, 6.45) is 1.47. The number of nitriles is 1. The first kappa shape index (κ1) is 24.4. The number of nitrogens with zero attached hydrogens (tertiary/aromatic N) is 3. The molecule has 3 aromatic carbocycles. The van der Waals surface area contributed by atoms with Gasteiger partial charge in [0.25, 0.3) is 5.91 Å². The van der Waals surface area contributed by atoms with Gasteiger partial charge in [0.05, 0.1) is 11.9 Å². The minimum atomic E-state index is -0.356. The molecule has 1 aromatic heterocycles. The first-order chi connectivity index (χ1) is 17.0. The molecule has 0 spiro atoms. The second-order valence-electron chi connectivity index (χ2n) is 7.08. The molecule has 0 radical (unpaired) electrons. The molecule has 174 valence electrons. The van der Waals surface area contributed by atoms with E-state index in [4.69, 9.17) is 21.6 Å². The van der Waals surface area contributed by atoms with Crippen molar-refractivity contribution in [3.05, 3.63) is 92.7 Å². The van der Waals surface area contributed by atoms with Gasteiger partial charge in [-0.1, -0.05) is 39.7 Å². The maximum absolute atomic E-state index is 12.5. The molecule has 2 N–H and O–H groups in total. The standard InChI is InChI=1S/C25H17BrClN5O2S/c26-19-5-10-23(34-12-11-28)18(13-19)14-29-32-24(33)17-3-1-16(2-4-17)22-15-35-25(31-22)30-21-8-6-20(27)7-9-21/h1-10,13-15H,12H2,(H,30,31)(H,32,33)/b29-14-. The highest BCUT2D eigenvalue weighted by molar-refractivity contribution is 9.10. The number of anilines is 2. The van der Waals surface area contributed by atoms with Gasteiger partial charge in [0, 0.05) is 37.3 Å². The number of rotatable bonds is 8. The van der Waals surface area contributed by atoms with Crippen LogP contribution in [0.1, 0.15) is 15.9 Å². The van der Waals surface area contributed by atoms with Crippen molar-refractivity contribution in [2.24, 2.45) is 5.10 Å². The van der Waals surface area contributed by atoms with Gasteiger partial charge in [0.1, 0.15) is 11.8 Å². The number of amides is 1. The van der Waals surface area contributed by atoms with Crippen molar-refractivity contribution in [3.63, 3.8) is 0 Å². The van der Waals surface area contributed by atoms with E-state index in [9.17, 15) is 4.79 Å². The summed E-state index contributed by atoms with van der Waals surface area (Å²) in [5.41, 5.74) is 6.17. The molecule has 0 atom stereocenters. The average Bonchev–Trinajstić information content (AvgIpc) is 3.33. The first-order valence-electron chi connectivity index (χ1n) is 10.2. The van der Waals surface area contributed by atoms with E-state index in [1.807, 2.05) is 47.8 Å². The van der Waals surface area contributed by atoms with E-state index in [0.717, 1.165) is 26.5 Å². The van der Waals surface area contributed by atoms with Crippen LogP contribution in [-0.2, 0) is 0 Å². The van der Waals surface area contributed by atoms with Crippen LogP contribution in [0.15, 0.2) is 81.7 Å². The maximum Gasteiger partial charge on any atom is 0.271 e. The Morgan fingerprint density at radius 1 is 1.17 bits per heavy atom. The monoisotopic (exact) mass is 565 g/mol. The van der Waals surface area contributed by atoms with E-state index >= 15 is 0 Å². The zero-order chi connectivity index (χ0) is 24.6. The van der Waals surface area contributed by atoms with E-state index in [1.165, 1.54) is 17.6 Å². The molecule has 10 heteroatoms. The molecule has 0 aliphatic rings. The highest BCUT2D eigenvalue weighted by atomic mass is 79.9. The fraction of sp³-hybridized carbons (Fsp3) is 0.0400. The van der Waals surface area contributed by atoms with Gasteiger partial charge in [-0.05, 0) is 54.6 Å². The lowest BCUT2D eigenvalue weighted by Crippen LogP contribution is -2.17. The van der Waals surface area contributed by atoms with E-state index in [2.05, 4.69) is 36.8 Å². The van der Waals surface area contributed by atoms with Crippen molar-refractivity contribution in [1.82, 2.24) is 10.4 Å². The van der Waals surface area contributed by atoms with Crippen LogP contribution in [0.2, 0.25) is 5.02 Å². The fourth-order valence-electron chi connectivity index (χ4n) is 3.00. The van der Waals surface area contributed by atoms with Crippen LogP contribution >= 0.6 is 38.9 Å². The van der Waals surface area contributed by atoms with Crippen molar-refractivity contribution in [1.29, 1.82) is 5.26 Å². The first-order valence-corrected chi connectivity index (χ1v) is 12.3. The molecule has 1 heterocycles. The molecule has 1 amide bonds. The summed E-state index contributed by atoms with van der Waals surface area (Å²) in [5.74, 6) is 0.135. The number of carbonyl (C=O) groups excluding carboxylic acids is 1. The average molecular weight is 567 g/mol. The van der Waals surface area contributed by atoms with Gasteiger partial charge in [-0.3, -0.25) is 4.79 Å². The highest BCUT2D eigenvalue weighted by Crippen LogP contribution is 2.28. The number of hydrogen-bond acceptors (Lipinski definition) is 7. The Morgan fingerprint density at radius 2 is 1.94 bits per heavy atom. The molecular weight excluding hydrogens is 550 g/mol. The lowest BCUT2D eigenvalue weighted by molar-refractivity contribution is 0.0955. The molecule has 0 unspecified atom stereocenters. The lowest BCUT2D eigenvalue weighted by Gasteiger charge is -2.06. The molecule has 7 nitrogen and oxygen atoms in total. The number of aromatic nitrogens is 1. The van der Waals surface area contributed by atoms with Gasteiger partial charge in [0.15, 0.2) is 11.7 Å². The van der Waals surface area contributed by atoms with E-state index in [1.54, 1.807) is 30.3 Å². The zero-order valence-electron chi connectivity index (χ0n) is 18.0. The molecule has 0 aliphatic heterocycles. The van der Waals surface area contributed by atoms with E-state index < -0.39 is 0 Å². The minimum absolute atomic E-state index is 0.0845. The molecule has 0 fully saturated rings. The van der Waals surface area contributed by atoms with Crippen LogP contribution < -0.4 is 15.5 Å². The number of halogens is 2. The maximum atomic E-state index is 12.5. The van der Waals surface area contributed by atoms with Gasteiger partial charge in [-0.25, -0.2) is 10.4 Å². The highest BCUT2D eigenvalue weighted by Gasteiger charge is 2.09. The van der Waals surface area contributed by atoms with Crippen LogP contribution in [0.25, 0.3) is 11.3 Å². The third kappa shape index (κ3) is 6.67. The number of ether oxygens (including phenoxy) is 1. The molecule has 4 aromatic rings. The number of carbonyl (C=O) groups is 1. The Bertz CT molecular complexity index is 1400. The normalized spacial score (nSPS) is 10.7. The molecular formula is C25H17BrClN5O2S. The topological polar surface area (TPSA) is 99.4 Å². The summed E-state index contributed by atoms with van der Waals surface area (Å²) in [7, 11) is 0. The summed E-state index contributed by atoms with van der Waals surface area (Å²) < 4.78 is 6.20. The number of nitrogens with one attached hydrogen (secondary N) is 2. The third-order valence-corrected chi connectivity index (χ3v) is 6.18. The van der Waals surface area contributed by atoms with Crippen LogP contribution in [0, 0.1) is 11.3 Å². The van der Waals surface area contributed by atoms with Crippen LogP contribution in [0.3, 0.4) is 0 Å². The smallest absolute Gasteiger partial charge is 0.271 e. The molecule has 0 saturated heterocycles. The van der Waals surface area contributed by atoms with Crippen molar-refractivity contribution >= 4 is 61.8 Å². The quantitative estimate of drug-likeness (QED) is 0.184. The second kappa shape index (κ2) is 11.6. The molecule has 0 aliphatic carbocycles. The van der Waals surface area contributed by atoms with Gasteiger partial charge in [-0.2, -0.15) is 10.4 Å². The Balaban J connectivity index is 1.38. The summed E-state index contributed by atoms with van der Waals surface area (Å²) in [6.45, 7) is -0.0845. The van der Waals surface area contributed by atoms with Crippen molar-refractivity contribution in [3.8, 4) is 23.1 Å². The second-order valence-corrected chi connectivity index (χ2v) is 9.29. The summed E-state index contributed by atoms with van der Waals surface area (Å²) in [4.78, 5) is 17.1. The Labute approximate surface area is 219 Å². The zero-order valence-corrected chi connectivity index (χ0v) is 21.2. The predicted octanol–water partition coefficient (Wildman–Crippen LogP) is 6.64. The van der Waals surface area contributed by atoms with Crippen molar-refractivity contribution < 1.29 is 9.53 Å². The van der Waals surface area contributed by atoms with Gasteiger partial charge in [-0.15, -0.1) is 11.3 Å². The Kier molecular flexibility index (Phi) is 8.11. The number of hydrazone groups is 1. The summed E-state index contributed by atoms with van der Waals surface area (Å²) in [5, 5.41) is 19.4. The summed E-state index contributed by atoms with van der Waals surface area (Å²) in [6, 6.07) is 21.7. The fourth-order valence-corrected chi connectivity index (χ4v) is 4.24.